The van der Waals surface area contributed by atoms with Gasteiger partial charge in [0.15, 0.2) is 16.7 Å². The zero-order chi connectivity index (χ0) is 13.9. The van der Waals surface area contributed by atoms with Gasteiger partial charge in [-0.1, -0.05) is 11.8 Å². The van der Waals surface area contributed by atoms with Crippen LogP contribution in [0, 0.1) is 0 Å². The summed E-state index contributed by atoms with van der Waals surface area (Å²) in [6.45, 7) is 0.217. The van der Waals surface area contributed by atoms with E-state index >= 15 is 0 Å². The number of carbonyl (C=O) groups excluding carboxylic acids is 1. The fourth-order valence-corrected chi connectivity index (χ4v) is 2.39. The Labute approximate surface area is 119 Å². The summed E-state index contributed by atoms with van der Waals surface area (Å²) >= 11 is 1.33. The predicted octanol–water partition coefficient (Wildman–Crippen LogP) is 1.27. The second kappa shape index (κ2) is 5.41. The molecule has 7 nitrogen and oxygen atoms in total. The van der Waals surface area contributed by atoms with Crippen LogP contribution in [0.1, 0.15) is 0 Å². The van der Waals surface area contributed by atoms with E-state index in [1.807, 2.05) is 7.05 Å². The van der Waals surface area contributed by atoms with E-state index in [4.69, 9.17) is 9.47 Å². The maximum atomic E-state index is 11.9. The van der Waals surface area contributed by atoms with Gasteiger partial charge < -0.3 is 19.4 Å². The zero-order valence-electron chi connectivity index (χ0n) is 10.7. The Morgan fingerprint density at radius 3 is 3.10 bits per heavy atom. The Morgan fingerprint density at radius 2 is 2.30 bits per heavy atom. The number of ether oxygens (including phenoxy) is 2. The number of nitrogens with zero attached hydrogens (tertiary/aromatic N) is 3. The lowest BCUT2D eigenvalue weighted by atomic mass is 10.3. The number of amides is 1. The molecule has 1 amide bonds. The van der Waals surface area contributed by atoms with Gasteiger partial charge in [-0.2, -0.15) is 0 Å². The highest BCUT2D eigenvalue weighted by Crippen LogP contribution is 2.34. The molecule has 2 heterocycles. The molecule has 1 aromatic heterocycles. The Bertz CT molecular complexity index is 643. The van der Waals surface area contributed by atoms with Gasteiger partial charge in [0.1, 0.15) is 6.33 Å². The molecule has 0 bridgehead atoms. The van der Waals surface area contributed by atoms with Crippen molar-refractivity contribution in [2.24, 2.45) is 7.05 Å². The monoisotopic (exact) mass is 292 g/mol. The first-order chi connectivity index (χ1) is 9.72. The topological polar surface area (TPSA) is 78.3 Å². The van der Waals surface area contributed by atoms with Crippen molar-refractivity contribution in [2.45, 2.75) is 5.16 Å². The van der Waals surface area contributed by atoms with E-state index in [2.05, 4.69) is 15.5 Å². The van der Waals surface area contributed by atoms with E-state index < -0.39 is 0 Å². The van der Waals surface area contributed by atoms with Crippen molar-refractivity contribution < 1.29 is 14.3 Å². The molecule has 0 aliphatic carbocycles. The number of aryl methyl sites for hydroxylation is 1. The molecule has 0 radical (unpaired) electrons. The summed E-state index contributed by atoms with van der Waals surface area (Å²) in [5.74, 6) is 1.48. The van der Waals surface area contributed by atoms with Crippen LogP contribution in [-0.2, 0) is 11.8 Å². The van der Waals surface area contributed by atoms with Gasteiger partial charge in [-0.25, -0.2) is 0 Å². The lowest BCUT2D eigenvalue weighted by molar-refractivity contribution is -0.113. The zero-order valence-corrected chi connectivity index (χ0v) is 11.5. The first-order valence-corrected chi connectivity index (χ1v) is 6.87. The Morgan fingerprint density at radius 1 is 1.45 bits per heavy atom. The minimum Gasteiger partial charge on any atom is -0.454 e. The van der Waals surface area contributed by atoms with Gasteiger partial charge in [-0.05, 0) is 12.1 Å². The van der Waals surface area contributed by atoms with E-state index in [9.17, 15) is 4.79 Å². The summed E-state index contributed by atoms with van der Waals surface area (Å²) in [7, 11) is 1.83. The van der Waals surface area contributed by atoms with Gasteiger partial charge in [0.25, 0.3) is 0 Å². The summed E-state index contributed by atoms with van der Waals surface area (Å²) in [6, 6.07) is 5.29. The predicted molar refractivity (Wildman–Crippen MR) is 72.9 cm³/mol. The molecule has 0 unspecified atom stereocenters. The molecule has 1 aromatic carbocycles. The molecule has 1 aliphatic rings. The summed E-state index contributed by atoms with van der Waals surface area (Å²) in [4.78, 5) is 11.9. The Balaban J connectivity index is 1.58. The largest absolute Gasteiger partial charge is 0.454 e. The summed E-state index contributed by atoms with van der Waals surface area (Å²) in [5.41, 5.74) is 0.679. The lowest BCUT2D eigenvalue weighted by Crippen LogP contribution is -2.14. The first-order valence-electron chi connectivity index (χ1n) is 5.88. The van der Waals surface area contributed by atoms with E-state index in [1.54, 1.807) is 29.1 Å². The molecule has 104 valence electrons. The third-order valence-corrected chi connectivity index (χ3v) is 3.69. The van der Waals surface area contributed by atoms with Crippen molar-refractivity contribution in [3.05, 3.63) is 24.5 Å². The highest BCUT2D eigenvalue weighted by atomic mass is 32.2. The number of carbonyl (C=O) groups is 1. The SMILES string of the molecule is Cn1cnnc1SCC(=O)Nc1ccc2c(c1)OCO2. The third-order valence-electron chi connectivity index (χ3n) is 2.66. The number of nitrogens with one attached hydrogen (secondary N) is 1. The number of benzene rings is 1. The molecule has 2 aromatic rings. The molecule has 1 aliphatic heterocycles. The fourth-order valence-electron chi connectivity index (χ4n) is 1.70. The van der Waals surface area contributed by atoms with Crippen molar-refractivity contribution in [3.63, 3.8) is 0 Å². The molecule has 1 N–H and O–H groups in total. The Kier molecular flexibility index (Phi) is 3.46. The smallest absolute Gasteiger partial charge is 0.234 e. The number of rotatable bonds is 4. The molecule has 0 saturated heterocycles. The molecule has 8 heteroatoms. The quantitative estimate of drug-likeness (QED) is 0.855. The van der Waals surface area contributed by atoms with Gasteiger partial charge >= 0.3 is 0 Å². The first kappa shape index (κ1) is 12.8. The minimum absolute atomic E-state index is 0.114. The van der Waals surface area contributed by atoms with Gasteiger partial charge in [0, 0.05) is 18.8 Å². The maximum absolute atomic E-state index is 11.9. The maximum Gasteiger partial charge on any atom is 0.234 e. The van der Waals surface area contributed by atoms with E-state index in [-0.39, 0.29) is 18.5 Å². The van der Waals surface area contributed by atoms with Crippen LogP contribution in [0.25, 0.3) is 0 Å². The van der Waals surface area contributed by atoms with Crippen molar-refractivity contribution >= 4 is 23.4 Å². The number of hydrogen-bond acceptors (Lipinski definition) is 6. The van der Waals surface area contributed by atoms with Crippen molar-refractivity contribution in [1.82, 2.24) is 14.8 Å². The van der Waals surface area contributed by atoms with Crippen molar-refractivity contribution in [2.75, 3.05) is 17.9 Å². The average molecular weight is 292 g/mol. The molecule has 20 heavy (non-hydrogen) atoms. The van der Waals surface area contributed by atoms with E-state index in [0.29, 0.717) is 22.3 Å². The number of anilines is 1. The second-order valence-corrected chi connectivity index (χ2v) is 5.07. The van der Waals surface area contributed by atoms with E-state index in [0.717, 1.165) is 0 Å². The normalized spacial score (nSPS) is 12.4. The number of fused-ring (bicyclic) bond motifs is 1. The van der Waals surface area contributed by atoms with Crippen LogP contribution >= 0.6 is 11.8 Å². The van der Waals surface area contributed by atoms with Crippen LogP contribution in [0.15, 0.2) is 29.7 Å². The van der Waals surface area contributed by atoms with Crippen molar-refractivity contribution in [1.29, 1.82) is 0 Å². The molecule has 0 atom stereocenters. The fraction of sp³-hybridized carbons (Fsp3) is 0.250. The summed E-state index contributed by atoms with van der Waals surface area (Å²) < 4.78 is 12.2. The van der Waals surface area contributed by atoms with Crippen LogP contribution in [0.4, 0.5) is 5.69 Å². The minimum atomic E-state index is -0.114. The third kappa shape index (κ3) is 2.69. The van der Waals surface area contributed by atoms with Crippen LogP contribution in [0.2, 0.25) is 0 Å². The van der Waals surface area contributed by atoms with Crippen LogP contribution in [0.5, 0.6) is 11.5 Å². The van der Waals surface area contributed by atoms with Gasteiger partial charge in [-0.15, -0.1) is 10.2 Å². The van der Waals surface area contributed by atoms with Gasteiger partial charge in [-0.3, -0.25) is 4.79 Å². The summed E-state index contributed by atoms with van der Waals surface area (Å²) in [6.07, 6.45) is 1.60. The molecule has 3 rings (SSSR count). The van der Waals surface area contributed by atoms with Crippen LogP contribution in [0.3, 0.4) is 0 Å². The molecular formula is C12H12N4O3S. The lowest BCUT2D eigenvalue weighted by Gasteiger charge is -2.05. The Hall–Kier alpha value is -2.22. The van der Waals surface area contributed by atoms with Crippen LogP contribution < -0.4 is 14.8 Å². The van der Waals surface area contributed by atoms with Crippen molar-refractivity contribution in [3.8, 4) is 11.5 Å². The highest BCUT2D eigenvalue weighted by Gasteiger charge is 2.14. The molecule has 0 fully saturated rings. The van der Waals surface area contributed by atoms with Gasteiger partial charge in [0.05, 0.1) is 5.75 Å². The summed E-state index contributed by atoms with van der Waals surface area (Å²) in [5, 5.41) is 11.2. The second-order valence-electron chi connectivity index (χ2n) is 4.13. The number of aromatic nitrogens is 3. The number of thioether (sulfide) groups is 1. The molecule has 0 saturated carbocycles. The molecule has 0 spiro atoms. The number of hydrogen-bond donors (Lipinski definition) is 1. The standard InChI is InChI=1S/C12H12N4O3S/c1-16-6-13-15-12(16)20-5-11(17)14-8-2-3-9-10(4-8)19-7-18-9/h2-4,6H,5,7H2,1H3,(H,14,17). The molecular weight excluding hydrogens is 280 g/mol. The average Bonchev–Trinajstić information content (AvgIpc) is 3.04. The highest BCUT2D eigenvalue weighted by molar-refractivity contribution is 7.99. The van der Waals surface area contributed by atoms with E-state index in [1.165, 1.54) is 11.8 Å². The van der Waals surface area contributed by atoms with Gasteiger partial charge in [0.2, 0.25) is 12.7 Å². The van der Waals surface area contributed by atoms with Crippen LogP contribution in [-0.4, -0.2) is 33.2 Å².